The summed E-state index contributed by atoms with van der Waals surface area (Å²) < 4.78 is 5.36. The Morgan fingerprint density at radius 1 is 1.20 bits per heavy atom. The van der Waals surface area contributed by atoms with E-state index in [1.807, 2.05) is 25.1 Å². The van der Waals surface area contributed by atoms with Crippen LogP contribution in [0, 0.1) is 6.92 Å². The summed E-state index contributed by atoms with van der Waals surface area (Å²) in [6, 6.07) is 8.11. The van der Waals surface area contributed by atoms with E-state index in [2.05, 4.69) is 26.5 Å². The van der Waals surface area contributed by atoms with E-state index >= 15 is 0 Å². The first-order valence-corrected chi connectivity index (χ1v) is 7.10. The van der Waals surface area contributed by atoms with Gasteiger partial charge in [-0.25, -0.2) is 0 Å². The van der Waals surface area contributed by atoms with Crippen LogP contribution in [0.15, 0.2) is 24.3 Å². The number of hydrogen-bond donors (Lipinski definition) is 1. The van der Waals surface area contributed by atoms with Crippen LogP contribution in [0.1, 0.15) is 5.69 Å². The monoisotopic (exact) mass is 272 g/mol. The van der Waals surface area contributed by atoms with E-state index in [1.165, 1.54) is 0 Å². The highest BCUT2D eigenvalue weighted by Crippen LogP contribution is 2.23. The smallest absolute Gasteiger partial charge is 0.0950 e. The van der Waals surface area contributed by atoms with Crippen molar-refractivity contribution in [3.63, 3.8) is 0 Å². The van der Waals surface area contributed by atoms with Crippen LogP contribution in [0.4, 0.5) is 5.69 Å². The number of aryl methyl sites for hydroxylation is 1. The summed E-state index contributed by atoms with van der Waals surface area (Å²) in [5.41, 5.74) is 2.99. The fourth-order valence-corrected chi connectivity index (χ4v) is 2.53. The molecule has 0 bridgehead atoms. The van der Waals surface area contributed by atoms with Crippen LogP contribution in [0.2, 0.25) is 0 Å². The molecule has 1 saturated heterocycles. The SMILES string of the molecule is Cc1nnc2ccccc2c1NCCN1CCOCC1. The third kappa shape index (κ3) is 2.89. The maximum Gasteiger partial charge on any atom is 0.0950 e. The van der Waals surface area contributed by atoms with Gasteiger partial charge in [0.2, 0.25) is 0 Å². The van der Waals surface area contributed by atoms with Gasteiger partial charge in [-0.1, -0.05) is 18.2 Å². The molecule has 0 spiro atoms. The van der Waals surface area contributed by atoms with Crippen molar-refractivity contribution in [2.75, 3.05) is 44.7 Å². The number of rotatable bonds is 4. The molecule has 5 heteroatoms. The van der Waals surface area contributed by atoms with Crippen LogP contribution in [0.5, 0.6) is 0 Å². The van der Waals surface area contributed by atoms with Gasteiger partial charge in [-0.15, -0.1) is 0 Å². The molecule has 0 radical (unpaired) electrons. The van der Waals surface area contributed by atoms with E-state index in [1.54, 1.807) is 0 Å². The summed E-state index contributed by atoms with van der Waals surface area (Å²) in [7, 11) is 0. The summed E-state index contributed by atoms with van der Waals surface area (Å²) in [4.78, 5) is 2.42. The number of nitrogens with zero attached hydrogens (tertiary/aromatic N) is 3. The summed E-state index contributed by atoms with van der Waals surface area (Å²) in [5, 5.41) is 13.1. The summed E-state index contributed by atoms with van der Waals surface area (Å²) in [6.07, 6.45) is 0. The highest BCUT2D eigenvalue weighted by Gasteiger charge is 2.11. The molecule has 106 valence electrons. The topological polar surface area (TPSA) is 50.3 Å². The number of nitrogens with one attached hydrogen (secondary N) is 1. The molecule has 1 aromatic heterocycles. The van der Waals surface area contributed by atoms with E-state index in [-0.39, 0.29) is 0 Å². The predicted octanol–water partition coefficient (Wildman–Crippen LogP) is 1.68. The number of anilines is 1. The van der Waals surface area contributed by atoms with Crippen molar-refractivity contribution in [2.24, 2.45) is 0 Å². The lowest BCUT2D eigenvalue weighted by atomic mass is 10.1. The molecule has 0 atom stereocenters. The zero-order valence-electron chi connectivity index (χ0n) is 11.8. The third-order valence-electron chi connectivity index (χ3n) is 3.68. The predicted molar refractivity (Wildman–Crippen MR) is 80.0 cm³/mol. The summed E-state index contributed by atoms with van der Waals surface area (Å²) in [6.45, 7) is 7.68. The zero-order chi connectivity index (χ0) is 13.8. The quantitative estimate of drug-likeness (QED) is 0.917. The largest absolute Gasteiger partial charge is 0.382 e. The number of morpholine rings is 1. The Morgan fingerprint density at radius 2 is 2.00 bits per heavy atom. The Kier molecular flexibility index (Phi) is 4.08. The number of aromatic nitrogens is 2. The lowest BCUT2D eigenvalue weighted by Gasteiger charge is -2.26. The van der Waals surface area contributed by atoms with Crippen molar-refractivity contribution >= 4 is 16.6 Å². The van der Waals surface area contributed by atoms with Crippen molar-refractivity contribution in [3.05, 3.63) is 30.0 Å². The standard InChI is InChI=1S/C15H20N4O/c1-12-15(13-4-2-3-5-14(13)18-17-12)16-6-7-19-8-10-20-11-9-19/h2-5H,6-11H2,1H3,(H,16,18). The first-order valence-electron chi connectivity index (χ1n) is 7.10. The van der Waals surface area contributed by atoms with Crippen LogP contribution in [-0.4, -0.2) is 54.5 Å². The van der Waals surface area contributed by atoms with Gasteiger partial charge in [0.05, 0.1) is 30.1 Å². The number of benzene rings is 1. The maximum absolute atomic E-state index is 5.36. The van der Waals surface area contributed by atoms with Gasteiger partial charge in [-0.2, -0.15) is 10.2 Å². The van der Waals surface area contributed by atoms with Crippen molar-refractivity contribution in [3.8, 4) is 0 Å². The molecule has 2 heterocycles. The first kappa shape index (κ1) is 13.3. The first-order chi connectivity index (χ1) is 9.84. The van der Waals surface area contributed by atoms with Crippen LogP contribution in [0.3, 0.4) is 0 Å². The molecule has 0 unspecified atom stereocenters. The minimum absolute atomic E-state index is 0.846. The molecule has 0 aliphatic carbocycles. The Morgan fingerprint density at radius 3 is 2.85 bits per heavy atom. The van der Waals surface area contributed by atoms with Gasteiger partial charge in [0.25, 0.3) is 0 Å². The van der Waals surface area contributed by atoms with E-state index in [0.717, 1.165) is 61.7 Å². The van der Waals surface area contributed by atoms with Crippen molar-refractivity contribution < 1.29 is 4.74 Å². The third-order valence-corrected chi connectivity index (χ3v) is 3.68. The van der Waals surface area contributed by atoms with Crippen molar-refractivity contribution in [2.45, 2.75) is 6.92 Å². The molecule has 1 fully saturated rings. The number of fused-ring (bicyclic) bond motifs is 1. The maximum atomic E-state index is 5.36. The van der Waals surface area contributed by atoms with E-state index in [9.17, 15) is 0 Å². The van der Waals surface area contributed by atoms with E-state index in [0.29, 0.717) is 0 Å². The molecule has 2 aromatic rings. The van der Waals surface area contributed by atoms with Gasteiger partial charge in [0.15, 0.2) is 0 Å². The minimum Gasteiger partial charge on any atom is -0.382 e. The molecule has 0 saturated carbocycles. The number of hydrogen-bond acceptors (Lipinski definition) is 5. The fraction of sp³-hybridized carbons (Fsp3) is 0.467. The molecular weight excluding hydrogens is 252 g/mol. The number of ether oxygens (including phenoxy) is 1. The average molecular weight is 272 g/mol. The molecule has 1 aromatic carbocycles. The van der Waals surface area contributed by atoms with E-state index < -0.39 is 0 Å². The second-order valence-electron chi connectivity index (χ2n) is 5.06. The highest BCUT2D eigenvalue weighted by molar-refractivity contribution is 5.91. The Balaban J connectivity index is 1.68. The lowest BCUT2D eigenvalue weighted by molar-refractivity contribution is 0.0398. The van der Waals surface area contributed by atoms with Crippen LogP contribution >= 0.6 is 0 Å². The van der Waals surface area contributed by atoms with Gasteiger partial charge in [-0.3, -0.25) is 4.90 Å². The molecular formula is C15H20N4O. The van der Waals surface area contributed by atoms with Crippen molar-refractivity contribution in [1.29, 1.82) is 0 Å². The van der Waals surface area contributed by atoms with Gasteiger partial charge in [0.1, 0.15) is 0 Å². The average Bonchev–Trinajstić information content (AvgIpc) is 2.50. The molecule has 0 amide bonds. The Hall–Kier alpha value is -1.72. The molecule has 1 aliphatic heterocycles. The van der Waals surface area contributed by atoms with E-state index in [4.69, 9.17) is 4.74 Å². The molecule has 1 N–H and O–H groups in total. The zero-order valence-corrected chi connectivity index (χ0v) is 11.8. The fourth-order valence-electron chi connectivity index (χ4n) is 2.53. The second kappa shape index (κ2) is 6.15. The molecule has 1 aliphatic rings. The normalized spacial score (nSPS) is 16.4. The van der Waals surface area contributed by atoms with Crippen LogP contribution in [0.25, 0.3) is 10.9 Å². The highest BCUT2D eigenvalue weighted by atomic mass is 16.5. The van der Waals surface area contributed by atoms with Gasteiger partial charge in [-0.05, 0) is 13.0 Å². The van der Waals surface area contributed by atoms with Crippen molar-refractivity contribution in [1.82, 2.24) is 15.1 Å². The Labute approximate surface area is 118 Å². The van der Waals surface area contributed by atoms with Gasteiger partial charge >= 0.3 is 0 Å². The molecule has 20 heavy (non-hydrogen) atoms. The lowest BCUT2D eigenvalue weighted by Crippen LogP contribution is -2.39. The van der Waals surface area contributed by atoms with Crippen LogP contribution < -0.4 is 5.32 Å². The van der Waals surface area contributed by atoms with Gasteiger partial charge < -0.3 is 10.1 Å². The summed E-state index contributed by atoms with van der Waals surface area (Å²) in [5.74, 6) is 0. The minimum atomic E-state index is 0.846. The van der Waals surface area contributed by atoms with Gasteiger partial charge in [0, 0.05) is 31.6 Å². The van der Waals surface area contributed by atoms with Crippen LogP contribution in [-0.2, 0) is 4.74 Å². The summed E-state index contributed by atoms with van der Waals surface area (Å²) >= 11 is 0. The Bertz CT molecular complexity index is 581. The second-order valence-corrected chi connectivity index (χ2v) is 5.06. The molecule has 3 rings (SSSR count). The molecule has 5 nitrogen and oxygen atoms in total.